The van der Waals surface area contributed by atoms with Crippen LogP contribution in [0.3, 0.4) is 0 Å². The number of aliphatic hydroxyl groups is 3. The molecular formula is C24H26BF3N2O4S. The van der Waals surface area contributed by atoms with Gasteiger partial charge >= 0.3 is 6.36 Å². The highest BCUT2D eigenvalue weighted by Gasteiger charge is 2.89. The Morgan fingerprint density at radius 1 is 1.11 bits per heavy atom. The van der Waals surface area contributed by atoms with Gasteiger partial charge in [-0.3, -0.25) is 4.90 Å². The summed E-state index contributed by atoms with van der Waals surface area (Å²) >= 11 is 4.56. The fourth-order valence-corrected chi connectivity index (χ4v) is 6.20. The van der Waals surface area contributed by atoms with Crippen LogP contribution in [0.4, 0.5) is 24.5 Å². The maximum Gasteiger partial charge on any atom is 0.573 e. The van der Waals surface area contributed by atoms with Gasteiger partial charge in [0.1, 0.15) is 5.75 Å². The van der Waals surface area contributed by atoms with Crippen molar-refractivity contribution in [1.82, 2.24) is 0 Å². The molecule has 3 fully saturated rings. The maximum absolute atomic E-state index is 12.6. The first kappa shape index (κ1) is 24.6. The van der Waals surface area contributed by atoms with Crippen molar-refractivity contribution in [3.63, 3.8) is 0 Å². The van der Waals surface area contributed by atoms with E-state index in [2.05, 4.69) is 17.4 Å². The van der Waals surface area contributed by atoms with Crippen molar-refractivity contribution in [1.29, 1.82) is 0 Å². The van der Waals surface area contributed by atoms with E-state index in [1.165, 1.54) is 17.0 Å². The number of nitrogens with zero attached hydrogens (tertiary/aromatic N) is 2. The Morgan fingerprint density at radius 3 is 2.29 bits per heavy atom. The molecule has 35 heavy (non-hydrogen) atoms. The molecule has 2 aromatic rings. The second kappa shape index (κ2) is 7.24. The van der Waals surface area contributed by atoms with Gasteiger partial charge in [0.15, 0.2) is 13.6 Å². The van der Waals surface area contributed by atoms with E-state index in [-0.39, 0.29) is 17.6 Å². The average molecular weight is 506 g/mol. The van der Waals surface area contributed by atoms with Crippen LogP contribution in [0.15, 0.2) is 47.4 Å². The van der Waals surface area contributed by atoms with Gasteiger partial charge in [-0.15, -0.1) is 25.8 Å². The van der Waals surface area contributed by atoms with Crippen LogP contribution in [-0.2, 0) is 0 Å². The van der Waals surface area contributed by atoms with Crippen LogP contribution in [-0.4, -0.2) is 47.2 Å². The van der Waals surface area contributed by atoms with E-state index in [4.69, 9.17) is 7.85 Å². The molecule has 1 heterocycles. The first-order chi connectivity index (χ1) is 16.1. The molecule has 0 bridgehead atoms. The van der Waals surface area contributed by atoms with E-state index < -0.39 is 34.6 Å². The van der Waals surface area contributed by atoms with Gasteiger partial charge in [-0.2, -0.15) is 0 Å². The standard InChI is InChI=1S/C24H26BF3N2O4S/c1-13(2)14-4-9-17(18(35)10-14)30-22(31,32)20(3)12-21(20)11-19(21)29(23(30,25)33)15-5-7-16(8-6-15)34-24(26,27)28/h4-10,13,19,31-33,35H,11-12H2,1-3H3. The Labute approximate surface area is 208 Å². The molecule has 3 aliphatic rings. The van der Waals surface area contributed by atoms with E-state index in [1.807, 2.05) is 13.8 Å². The number of rotatable bonds is 4. The quantitative estimate of drug-likeness (QED) is 0.287. The van der Waals surface area contributed by atoms with Crippen LogP contribution < -0.4 is 14.5 Å². The molecule has 2 saturated carbocycles. The van der Waals surface area contributed by atoms with E-state index in [1.54, 1.807) is 25.1 Å². The summed E-state index contributed by atoms with van der Waals surface area (Å²) in [6.45, 7) is 5.75. The number of thiol groups is 1. The Bertz CT molecular complexity index is 1180. The minimum Gasteiger partial charge on any atom is -0.406 e. The van der Waals surface area contributed by atoms with Crippen LogP contribution in [0.25, 0.3) is 0 Å². The molecule has 0 amide bonds. The van der Waals surface area contributed by atoms with Crippen molar-refractivity contribution in [2.45, 2.75) is 68.5 Å². The van der Waals surface area contributed by atoms with Crippen LogP contribution in [0, 0.1) is 10.8 Å². The van der Waals surface area contributed by atoms with Gasteiger partial charge in [-0.05, 0) is 60.7 Å². The maximum atomic E-state index is 12.6. The molecule has 2 aliphatic carbocycles. The minimum absolute atomic E-state index is 0.189. The van der Waals surface area contributed by atoms with Gasteiger partial charge in [0, 0.05) is 22.0 Å². The SMILES string of the molecule is [B]C1(O)N(c2ccc(OC(F)(F)F)cc2)C2CC23CC3(C)C(O)(O)N1c1ccc(C(C)C)cc1S. The highest BCUT2D eigenvalue weighted by atomic mass is 32.1. The number of hydrogen-bond acceptors (Lipinski definition) is 7. The summed E-state index contributed by atoms with van der Waals surface area (Å²) in [7, 11) is 6.51. The van der Waals surface area contributed by atoms with E-state index in [0.717, 1.165) is 22.6 Å². The Balaban J connectivity index is 1.62. The average Bonchev–Trinajstić information content (AvgIpc) is 3.58. The van der Waals surface area contributed by atoms with Gasteiger partial charge in [0.2, 0.25) is 0 Å². The lowest BCUT2D eigenvalue weighted by atomic mass is 9.90. The number of ether oxygens (including phenoxy) is 1. The summed E-state index contributed by atoms with van der Waals surface area (Å²) < 4.78 is 41.8. The summed E-state index contributed by atoms with van der Waals surface area (Å²) in [6, 6.07) is 9.81. The normalized spacial score (nSPS) is 33.2. The van der Waals surface area contributed by atoms with Crippen molar-refractivity contribution >= 4 is 31.8 Å². The van der Waals surface area contributed by atoms with Crippen molar-refractivity contribution < 1.29 is 33.2 Å². The third-order valence-corrected chi connectivity index (χ3v) is 8.34. The van der Waals surface area contributed by atoms with Crippen LogP contribution >= 0.6 is 12.6 Å². The summed E-state index contributed by atoms with van der Waals surface area (Å²) in [6.07, 6.45) is -3.83. The van der Waals surface area contributed by atoms with Crippen molar-refractivity contribution in [2.24, 2.45) is 10.8 Å². The van der Waals surface area contributed by atoms with Gasteiger partial charge in [-0.25, -0.2) is 0 Å². The van der Waals surface area contributed by atoms with E-state index in [0.29, 0.717) is 23.4 Å². The molecule has 3 N–H and O–H groups in total. The number of halogens is 3. The molecule has 1 aliphatic heterocycles. The highest BCUT2D eigenvalue weighted by molar-refractivity contribution is 7.80. The molecule has 1 saturated heterocycles. The molecule has 2 aromatic carbocycles. The van der Waals surface area contributed by atoms with E-state index >= 15 is 0 Å². The predicted octanol–water partition coefficient (Wildman–Crippen LogP) is 3.90. The zero-order valence-electron chi connectivity index (χ0n) is 19.4. The largest absolute Gasteiger partial charge is 0.573 e. The Kier molecular flexibility index (Phi) is 5.09. The monoisotopic (exact) mass is 506 g/mol. The number of anilines is 2. The first-order valence-electron chi connectivity index (χ1n) is 11.3. The number of benzene rings is 2. The second-order valence-corrected chi connectivity index (χ2v) is 10.8. The smallest absolute Gasteiger partial charge is 0.406 e. The molecule has 11 heteroatoms. The summed E-state index contributed by atoms with van der Waals surface area (Å²) in [5.41, 5.74) is -0.0518. The summed E-state index contributed by atoms with van der Waals surface area (Å²) in [4.78, 5) is 2.77. The lowest BCUT2D eigenvalue weighted by Crippen LogP contribution is -2.71. The number of hydrogen-bond donors (Lipinski definition) is 4. The first-order valence-corrected chi connectivity index (χ1v) is 11.7. The minimum atomic E-state index is -4.84. The highest BCUT2D eigenvalue weighted by Crippen LogP contribution is 2.84. The molecule has 4 atom stereocenters. The third-order valence-electron chi connectivity index (χ3n) is 7.98. The van der Waals surface area contributed by atoms with Crippen LogP contribution in [0.5, 0.6) is 5.75 Å². The molecule has 2 radical (unpaired) electrons. The van der Waals surface area contributed by atoms with Crippen molar-refractivity contribution in [2.75, 3.05) is 9.80 Å². The van der Waals surface area contributed by atoms with Crippen LogP contribution in [0.1, 0.15) is 45.1 Å². The van der Waals surface area contributed by atoms with Crippen LogP contribution in [0.2, 0.25) is 0 Å². The lowest BCUT2D eigenvalue weighted by Gasteiger charge is -2.53. The summed E-state index contributed by atoms with van der Waals surface area (Å²) in [5, 5.41) is 34.9. The molecule has 5 rings (SSSR count). The third kappa shape index (κ3) is 3.46. The van der Waals surface area contributed by atoms with Gasteiger partial charge < -0.3 is 25.0 Å². The molecule has 1 spiro atoms. The molecule has 6 nitrogen and oxygen atoms in total. The molecule has 0 aromatic heterocycles. The Hall–Kier alpha value is -2.08. The fraction of sp³-hybridized carbons (Fsp3) is 0.500. The zero-order valence-corrected chi connectivity index (χ0v) is 20.3. The second-order valence-electron chi connectivity index (χ2n) is 10.4. The fourth-order valence-electron chi connectivity index (χ4n) is 5.87. The van der Waals surface area contributed by atoms with Gasteiger partial charge in [0.25, 0.3) is 5.91 Å². The van der Waals surface area contributed by atoms with Gasteiger partial charge in [0.05, 0.1) is 11.1 Å². The van der Waals surface area contributed by atoms with Crippen molar-refractivity contribution in [3.8, 4) is 5.75 Å². The Morgan fingerprint density at radius 2 is 1.74 bits per heavy atom. The van der Waals surface area contributed by atoms with Crippen molar-refractivity contribution in [3.05, 3.63) is 48.0 Å². The molecular weight excluding hydrogens is 480 g/mol. The topological polar surface area (TPSA) is 76.4 Å². The molecule has 186 valence electrons. The summed E-state index contributed by atoms with van der Waals surface area (Å²) in [5.74, 6) is -5.24. The van der Waals surface area contributed by atoms with E-state index in [9.17, 15) is 28.5 Å². The lowest BCUT2D eigenvalue weighted by molar-refractivity contribution is -0.274. The van der Waals surface area contributed by atoms with Gasteiger partial charge in [-0.1, -0.05) is 26.8 Å². The number of alkyl halides is 3. The molecule has 4 unspecified atom stereocenters. The predicted molar refractivity (Wildman–Crippen MR) is 127 cm³/mol. The zero-order chi connectivity index (χ0) is 25.8.